The summed E-state index contributed by atoms with van der Waals surface area (Å²) in [5.41, 5.74) is 1.56. The number of amides is 2. The van der Waals surface area contributed by atoms with Gasteiger partial charge in [-0.15, -0.1) is 11.3 Å². The van der Waals surface area contributed by atoms with E-state index in [0.717, 1.165) is 22.2 Å². The molecule has 122 valence electrons. The van der Waals surface area contributed by atoms with Gasteiger partial charge in [0.1, 0.15) is 11.8 Å². The summed E-state index contributed by atoms with van der Waals surface area (Å²) in [6.45, 7) is 3.72. The Balaban J connectivity index is 2.00. The molecule has 0 aliphatic rings. The Labute approximate surface area is 145 Å². The van der Waals surface area contributed by atoms with Gasteiger partial charge >= 0.3 is 6.03 Å². The minimum Gasteiger partial charge on any atom is -0.308 e. The van der Waals surface area contributed by atoms with Crippen molar-refractivity contribution in [2.75, 3.05) is 5.32 Å². The van der Waals surface area contributed by atoms with Crippen LogP contribution in [0.15, 0.2) is 58.2 Å². The highest BCUT2D eigenvalue weighted by atomic mass is 32.1. The average Bonchev–Trinajstić information content (AvgIpc) is 3.04. The van der Waals surface area contributed by atoms with Gasteiger partial charge in [0.25, 0.3) is 0 Å². The van der Waals surface area contributed by atoms with E-state index in [9.17, 15) is 4.79 Å². The quantitative estimate of drug-likeness (QED) is 0.606. The summed E-state index contributed by atoms with van der Waals surface area (Å²) in [5.74, 6) is 0. The first-order valence-corrected chi connectivity index (χ1v) is 8.40. The maximum atomic E-state index is 12.1. The standard InChI is InChI=1S/C18H18N4OS/c1-3-5-16(11-19)20-12-14(4-2)21-18(23)22-15-7-6-13-8-9-24-17(13)10-15/h4-10,12H,3H2,1-2H3,(H2,21,22,23)/b14-4+,16-5+,20-12+. The predicted octanol–water partition coefficient (Wildman–Crippen LogP) is 4.81. The van der Waals surface area contributed by atoms with Crippen LogP contribution in [0.3, 0.4) is 0 Å². The van der Waals surface area contributed by atoms with E-state index in [1.165, 1.54) is 6.21 Å². The van der Waals surface area contributed by atoms with E-state index in [1.807, 2.05) is 42.6 Å². The van der Waals surface area contributed by atoms with E-state index >= 15 is 0 Å². The Kier molecular flexibility index (Phi) is 6.29. The number of carbonyl (C=O) groups excluding carboxylic acids is 1. The zero-order valence-corrected chi connectivity index (χ0v) is 14.4. The van der Waals surface area contributed by atoms with Crippen molar-refractivity contribution in [1.29, 1.82) is 5.26 Å². The topological polar surface area (TPSA) is 77.3 Å². The molecule has 0 atom stereocenters. The zero-order valence-electron chi connectivity index (χ0n) is 13.5. The molecule has 1 aromatic heterocycles. The summed E-state index contributed by atoms with van der Waals surface area (Å²) in [5, 5.41) is 17.6. The second-order valence-corrected chi connectivity index (χ2v) is 5.81. The molecule has 5 nitrogen and oxygen atoms in total. The molecule has 6 heteroatoms. The van der Waals surface area contributed by atoms with Gasteiger partial charge in [-0.25, -0.2) is 9.79 Å². The van der Waals surface area contributed by atoms with E-state index in [1.54, 1.807) is 30.4 Å². The molecule has 0 spiro atoms. The number of thiophene rings is 1. The van der Waals surface area contributed by atoms with Crippen LogP contribution in [-0.4, -0.2) is 12.2 Å². The molecule has 0 fully saturated rings. The van der Waals surface area contributed by atoms with Gasteiger partial charge in [0.2, 0.25) is 0 Å². The number of anilines is 1. The minimum absolute atomic E-state index is 0.321. The lowest BCUT2D eigenvalue weighted by molar-refractivity contribution is 0.254. The van der Waals surface area contributed by atoms with Gasteiger partial charge in [0, 0.05) is 10.4 Å². The number of carbonyl (C=O) groups is 1. The van der Waals surface area contributed by atoms with Gasteiger partial charge < -0.3 is 10.6 Å². The highest BCUT2D eigenvalue weighted by Crippen LogP contribution is 2.24. The first-order valence-electron chi connectivity index (χ1n) is 7.52. The molecule has 0 unspecified atom stereocenters. The fourth-order valence-electron chi connectivity index (χ4n) is 1.96. The van der Waals surface area contributed by atoms with Crippen LogP contribution in [0, 0.1) is 11.3 Å². The highest BCUT2D eigenvalue weighted by Gasteiger charge is 2.04. The van der Waals surface area contributed by atoms with Crippen molar-refractivity contribution < 1.29 is 4.79 Å². The number of nitriles is 1. The van der Waals surface area contributed by atoms with Crippen LogP contribution in [0.5, 0.6) is 0 Å². The molecule has 2 rings (SSSR count). The number of allylic oxidation sites excluding steroid dienone is 4. The third kappa shape index (κ3) is 4.80. The van der Waals surface area contributed by atoms with Crippen LogP contribution in [0.4, 0.5) is 10.5 Å². The number of hydrogen-bond donors (Lipinski definition) is 2. The van der Waals surface area contributed by atoms with Crippen LogP contribution >= 0.6 is 11.3 Å². The molecule has 0 saturated carbocycles. The number of benzene rings is 1. The van der Waals surface area contributed by atoms with Crippen LogP contribution < -0.4 is 10.6 Å². The van der Waals surface area contributed by atoms with Crippen molar-refractivity contribution in [3.63, 3.8) is 0 Å². The summed E-state index contributed by atoms with van der Waals surface area (Å²) in [4.78, 5) is 16.2. The Morgan fingerprint density at radius 3 is 2.96 bits per heavy atom. The number of fused-ring (bicyclic) bond motifs is 1. The van der Waals surface area contributed by atoms with E-state index < -0.39 is 0 Å². The molecular weight excluding hydrogens is 320 g/mol. The van der Waals surface area contributed by atoms with Crippen molar-refractivity contribution in [1.82, 2.24) is 5.32 Å². The van der Waals surface area contributed by atoms with Gasteiger partial charge in [-0.2, -0.15) is 5.26 Å². The number of nitrogens with zero attached hydrogens (tertiary/aromatic N) is 2. The normalized spacial score (nSPS) is 12.4. The summed E-state index contributed by atoms with van der Waals surface area (Å²) < 4.78 is 1.11. The van der Waals surface area contributed by atoms with Crippen LogP contribution in [0.1, 0.15) is 20.3 Å². The lowest BCUT2D eigenvalue weighted by Gasteiger charge is -2.08. The first kappa shape index (κ1) is 17.4. The molecule has 0 aliphatic carbocycles. The Morgan fingerprint density at radius 2 is 2.25 bits per heavy atom. The fraction of sp³-hybridized carbons (Fsp3) is 0.167. The summed E-state index contributed by atoms with van der Waals surface area (Å²) in [6, 6.07) is 9.43. The predicted molar refractivity (Wildman–Crippen MR) is 100 cm³/mol. The maximum Gasteiger partial charge on any atom is 0.323 e. The van der Waals surface area contributed by atoms with Crippen molar-refractivity contribution in [2.24, 2.45) is 4.99 Å². The zero-order chi connectivity index (χ0) is 17.4. The minimum atomic E-state index is -0.358. The third-order valence-electron chi connectivity index (χ3n) is 3.14. The number of urea groups is 1. The molecule has 24 heavy (non-hydrogen) atoms. The molecule has 1 aromatic carbocycles. The van der Waals surface area contributed by atoms with Gasteiger partial charge in [-0.3, -0.25) is 0 Å². The summed E-state index contributed by atoms with van der Waals surface area (Å²) in [6.07, 6.45) is 5.63. The van der Waals surface area contributed by atoms with Crippen LogP contribution in [-0.2, 0) is 0 Å². The summed E-state index contributed by atoms with van der Waals surface area (Å²) in [7, 11) is 0. The van der Waals surface area contributed by atoms with E-state index in [2.05, 4.69) is 15.6 Å². The Hall–Kier alpha value is -2.91. The van der Waals surface area contributed by atoms with Crippen molar-refractivity contribution in [2.45, 2.75) is 20.3 Å². The number of aliphatic imine (C=N–C) groups is 1. The van der Waals surface area contributed by atoms with Crippen molar-refractivity contribution in [3.05, 3.63) is 53.2 Å². The third-order valence-corrected chi connectivity index (χ3v) is 4.02. The maximum absolute atomic E-state index is 12.1. The Morgan fingerprint density at radius 1 is 1.42 bits per heavy atom. The van der Waals surface area contributed by atoms with Crippen LogP contribution in [0.25, 0.3) is 10.1 Å². The van der Waals surface area contributed by atoms with E-state index in [-0.39, 0.29) is 6.03 Å². The molecule has 2 N–H and O–H groups in total. The average molecular weight is 338 g/mol. The summed E-state index contributed by atoms with van der Waals surface area (Å²) >= 11 is 1.62. The van der Waals surface area contributed by atoms with Gasteiger partial charge in [-0.05, 0) is 48.4 Å². The van der Waals surface area contributed by atoms with E-state index in [4.69, 9.17) is 5.26 Å². The van der Waals surface area contributed by atoms with E-state index in [0.29, 0.717) is 11.4 Å². The van der Waals surface area contributed by atoms with Crippen molar-refractivity contribution >= 4 is 39.4 Å². The molecule has 2 aromatic rings. The number of rotatable bonds is 5. The van der Waals surface area contributed by atoms with Gasteiger partial charge in [0.15, 0.2) is 0 Å². The lowest BCUT2D eigenvalue weighted by atomic mass is 10.2. The number of nitrogens with one attached hydrogen (secondary N) is 2. The first-order chi connectivity index (χ1) is 11.7. The second kappa shape index (κ2) is 8.65. The van der Waals surface area contributed by atoms with Crippen molar-refractivity contribution in [3.8, 4) is 6.07 Å². The van der Waals surface area contributed by atoms with Crippen LogP contribution in [0.2, 0.25) is 0 Å². The van der Waals surface area contributed by atoms with Gasteiger partial charge in [-0.1, -0.05) is 19.1 Å². The molecule has 0 saturated heterocycles. The fourth-order valence-corrected chi connectivity index (χ4v) is 2.79. The largest absolute Gasteiger partial charge is 0.323 e. The SMILES string of the molecule is C\C=C(/C=N/C(C#N)=C/CC)NC(=O)Nc1ccc2ccsc2c1. The molecule has 1 heterocycles. The molecule has 2 amide bonds. The monoisotopic (exact) mass is 338 g/mol. The number of hydrogen-bond acceptors (Lipinski definition) is 4. The molecular formula is C18H18N4OS. The molecule has 0 radical (unpaired) electrons. The van der Waals surface area contributed by atoms with Gasteiger partial charge in [0.05, 0.1) is 11.9 Å². The highest BCUT2D eigenvalue weighted by molar-refractivity contribution is 7.17. The smallest absolute Gasteiger partial charge is 0.308 e. The Bertz CT molecular complexity index is 855. The lowest BCUT2D eigenvalue weighted by Crippen LogP contribution is -2.28. The molecule has 0 aliphatic heterocycles. The second-order valence-electron chi connectivity index (χ2n) is 4.86. The molecule has 0 bridgehead atoms.